The SMILES string of the molecule is COC(=O)C(=CNC1CC1)C(=O)C=Cc1ccc2c(c1)OCO2.O=Cc1ccc2c(c1)OCO2. The van der Waals surface area contributed by atoms with Crippen LogP contribution in [0.5, 0.6) is 23.0 Å². The van der Waals surface area contributed by atoms with Crippen LogP contribution in [0.3, 0.4) is 0 Å². The van der Waals surface area contributed by atoms with Crippen LogP contribution in [-0.2, 0) is 14.3 Å². The van der Waals surface area contributed by atoms with E-state index in [1.54, 1.807) is 42.5 Å². The number of allylic oxidation sites excluding steroid dienone is 1. The first-order valence-corrected chi connectivity index (χ1v) is 10.6. The fourth-order valence-corrected chi connectivity index (χ4v) is 3.06. The van der Waals surface area contributed by atoms with Crippen molar-refractivity contribution in [3.05, 3.63) is 65.4 Å². The van der Waals surface area contributed by atoms with Crippen LogP contribution in [0.1, 0.15) is 28.8 Å². The molecule has 1 N–H and O–H groups in total. The Kier molecular flexibility index (Phi) is 7.12. The van der Waals surface area contributed by atoms with Gasteiger partial charge in [0.05, 0.1) is 7.11 Å². The van der Waals surface area contributed by atoms with Gasteiger partial charge in [0.2, 0.25) is 13.6 Å². The highest BCUT2D eigenvalue weighted by Crippen LogP contribution is 2.33. The van der Waals surface area contributed by atoms with Gasteiger partial charge in [-0.25, -0.2) is 4.79 Å². The summed E-state index contributed by atoms with van der Waals surface area (Å²) in [6.07, 6.45) is 7.28. The predicted molar refractivity (Wildman–Crippen MR) is 121 cm³/mol. The number of esters is 1. The van der Waals surface area contributed by atoms with E-state index in [0.29, 0.717) is 34.6 Å². The first kappa shape index (κ1) is 22.9. The van der Waals surface area contributed by atoms with Crippen LogP contribution in [0.2, 0.25) is 0 Å². The van der Waals surface area contributed by atoms with Gasteiger partial charge in [0.1, 0.15) is 11.9 Å². The second kappa shape index (κ2) is 10.6. The van der Waals surface area contributed by atoms with Crippen molar-refractivity contribution in [2.75, 3.05) is 20.7 Å². The molecule has 2 aromatic rings. The molecule has 2 aromatic carbocycles. The molecule has 0 amide bonds. The average Bonchev–Trinajstić information content (AvgIpc) is 3.37. The maximum atomic E-state index is 12.2. The van der Waals surface area contributed by atoms with Gasteiger partial charge in [0.15, 0.2) is 28.8 Å². The first-order valence-electron chi connectivity index (χ1n) is 10.6. The lowest BCUT2D eigenvalue weighted by Crippen LogP contribution is -2.18. The van der Waals surface area contributed by atoms with Crippen molar-refractivity contribution >= 4 is 24.1 Å². The highest BCUT2D eigenvalue weighted by molar-refractivity contribution is 6.22. The molecule has 9 nitrogen and oxygen atoms in total. The lowest BCUT2D eigenvalue weighted by molar-refractivity contribution is -0.137. The summed E-state index contributed by atoms with van der Waals surface area (Å²) >= 11 is 0. The molecule has 34 heavy (non-hydrogen) atoms. The third-order valence-corrected chi connectivity index (χ3v) is 5.07. The van der Waals surface area contributed by atoms with Crippen molar-refractivity contribution in [2.24, 2.45) is 0 Å². The molecule has 0 radical (unpaired) electrons. The number of carbonyl (C=O) groups is 3. The number of ether oxygens (including phenoxy) is 5. The van der Waals surface area contributed by atoms with E-state index in [0.717, 1.165) is 24.7 Å². The van der Waals surface area contributed by atoms with Crippen LogP contribution >= 0.6 is 0 Å². The quantitative estimate of drug-likeness (QED) is 0.217. The minimum atomic E-state index is -0.654. The fourth-order valence-electron chi connectivity index (χ4n) is 3.06. The van der Waals surface area contributed by atoms with Crippen molar-refractivity contribution in [3.63, 3.8) is 0 Å². The molecule has 1 fully saturated rings. The van der Waals surface area contributed by atoms with Crippen LogP contribution < -0.4 is 24.3 Å². The molecule has 0 unspecified atom stereocenters. The maximum Gasteiger partial charge on any atom is 0.343 e. The van der Waals surface area contributed by atoms with Gasteiger partial charge in [-0.2, -0.15) is 0 Å². The fraction of sp³-hybridized carbons (Fsp3) is 0.240. The van der Waals surface area contributed by atoms with E-state index in [4.69, 9.17) is 18.9 Å². The summed E-state index contributed by atoms with van der Waals surface area (Å²) in [4.78, 5) is 34.3. The number of nitrogens with one attached hydrogen (secondary N) is 1. The number of ketones is 1. The third-order valence-electron chi connectivity index (χ3n) is 5.07. The van der Waals surface area contributed by atoms with Crippen molar-refractivity contribution in [3.8, 4) is 23.0 Å². The third kappa shape index (κ3) is 5.74. The normalized spacial score (nSPS) is 15.4. The highest BCUT2D eigenvalue weighted by atomic mass is 16.7. The number of aldehydes is 1. The van der Waals surface area contributed by atoms with Crippen molar-refractivity contribution in [1.29, 1.82) is 0 Å². The van der Waals surface area contributed by atoms with Gasteiger partial charge in [-0.1, -0.05) is 12.1 Å². The number of fused-ring (bicyclic) bond motifs is 2. The number of hydrogen-bond acceptors (Lipinski definition) is 9. The van der Waals surface area contributed by atoms with Crippen molar-refractivity contribution in [1.82, 2.24) is 5.32 Å². The van der Waals surface area contributed by atoms with E-state index in [1.165, 1.54) is 19.4 Å². The monoisotopic (exact) mass is 465 g/mol. The molecule has 2 heterocycles. The van der Waals surface area contributed by atoms with E-state index in [2.05, 4.69) is 10.1 Å². The van der Waals surface area contributed by atoms with Gasteiger partial charge < -0.3 is 29.0 Å². The zero-order chi connectivity index (χ0) is 23.9. The molecule has 9 heteroatoms. The van der Waals surface area contributed by atoms with Crippen LogP contribution in [-0.4, -0.2) is 44.8 Å². The van der Waals surface area contributed by atoms with E-state index in [1.807, 2.05) is 0 Å². The van der Waals surface area contributed by atoms with Crippen LogP contribution in [0.15, 0.2) is 54.2 Å². The number of benzene rings is 2. The summed E-state index contributed by atoms with van der Waals surface area (Å²) < 4.78 is 25.3. The summed E-state index contributed by atoms with van der Waals surface area (Å²) in [5.41, 5.74) is 1.37. The molecular formula is C25H23NO8. The van der Waals surface area contributed by atoms with Crippen molar-refractivity contribution < 1.29 is 38.1 Å². The molecule has 3 aliphatic rings. The Bertz CT molecular complexity index is 1150. The molecule has 0 atom stereocenters. The smallest absolute Gasteiger partial charge is 0.343 e. The van der Waals surface area contributed by atoms with Gasteiger partial charge in [-0.05, 0) is 54.8 Å². The molecule has 0 aromatic heterocycles. The molecule has 2 aliphatic heterocycles. The standard InChI is InChI=1S/C17H17NO5.C8H6O3/c1-21-17(20)13(9-18-12-4-5-12)14(19)6-2-11-3-7-15-16(8-11)23-10-22-15;9-4-6-1-2-7-8(3-6)11-5-10-7/h2-3,6-9,12,18H,4-5,10H2,1H3;1-4H,5H2. The Morgan fingerprint density at radius 3 is 2.09 bits per heavy atom. The van der Waals surface area contributed by atoms with Gasteiger partial charge in [-0.15, -0.1) is 0 Å². The molecule has 0 saturated heterocycles. The molecule has 0 bridgehead atoms. The Morgan fingerprint density at radius 2 is 1.50 bits per heavy atom. The Hall–Kier alpha value is -4.27. The predicted octanol–water partition coefficient (Wildman–Crippen LogP) is 3.03. The summed E-state index contributed by atoms with van der Waals surface area (Å²) in [7, 11) is 1.25. The van der Waals surface area contributed by atoms with Crippen LogP contribution in [0.25, 0.3) is 6.08 Å². The molecule has 5 rings (SSSR count). The van der Waals surface area contributed by atoms with Gasteiger partial charge >= 0.3 is 5.97 Å². The molecule has 1 saturated carbocycles. The largest absolute Gasteiger partial charge is 0.465 e. The summed E-state index contributed by atoms with van der Waals surface area (Å²) in [6, 6.07) is 10.8. The second-order valence-corrected chi connectivity index (χ2v) is 7.53. The van der Waals surface area contributed by atoms with Crippen molar-refractivity contribution in [2.45, 2.75) is 18.9 Å². The van der Waals surface area contributed by atoms with Gasteiger partial charge in [-0.3, -0.25) is 9.59 Å². The lowest BCUT2D eigenvalue weighted by atomic mass is 10.1. The van der Waals surface area contributed by atoms with Crippen LogP contribution in [0, 0.1) is 0 Å². The first-order chi connectivity index (χ1) is 16.6. The topological polar surface area (TPSA) is 109 Å². The summed E-state index contributed by atoms with van der Waals surface area (Å²) in [6.45, 7) is 0.446. The minimum absolute atomic E-state index is 0.0172. The van der Waals surface area contributed by atoms with E-state index in [-0.39, 0.29) is 19.2 Å². The Balaban J connectivity index is 0.000000207. The lowest BCUT2D eigenvalue weighted by Gasteiger charge is -2.03. The summed E-state index contributed by atoms with van der Waals surface area (Å²) in [5.74, 6) is 1.60. The molecular weight excluding hydrogens is 442 g/mol. The number of carbonyl (C=O) groups excluding carboxylic acids is 3. The average molecular weight is 465 g/mol. The zero-order valence-electron chi connectivity index (χ0n) is 18.4. The molecule has 1 aliphatic carbocycles. The van der Waals surface area contributed by atoms with Gasteiger partial charge in [0.25, 0.3) is 0 Å². The minimum Gasteiger partial charge on any atom is -0.465 e. The van der Waals surface area contributed by atoms with E-state index < -0.39 is 11.8 Å². The molecule has 0 spiro atoms. The Labute approximate surface area is 195 Å². The number of hydrogen-bond donors (Lipinski definition) is 1. The number of methoxy groups -OCH3 is 1. The zero-order valence-corrected chi connectivity index (χ0v) is 18.4. The summed E-state index contributed by atoms with van der Waals surface area (Å²) in [5, 5.41) is 3.03. The highest BCUT2D eigenvalue weighted by Gasteiger charge is 2.22. The van der Waals surface area contributed by atoms with E-state index >= 15 is 0 Å². The van der Waals surface area contributed by atoms with Crippen LogP contribution in [0.4, 0.5) is 0 Å². The second-order valence-electron chi connectivity index (χ2n) is 7.53. The van der Waals surface area contributed by atoms with E-state index in [9.17, 15) is 14.4 Å². The maximum absolute atomic E-state index is 12.2. The molecule has 176 valence electrons. The van der Waals surface area contributed by atoms with Gasteiger partial charge in [0, 0.05) is 17.8 Å². The number of rotatable bonds is 7. The Morgan fingerprint density at radius 1 is 0.912 bits per heavy atom.